The molecule has 1 aliphatic rings. The van der Waals surface area contributed by atoms with Crippen LogP contribution in [0.5, 0.6) is 0 Å². The minimum atomic E-state index is -0.346. The first kappa shape index (κ1) is 15.0. The summed E-state index contributed by atoms with van der Waals surface area (Å²) in [5.74, 6) is 0.470. The van der Waals surface area contributed by atoms with Gasteiger partial charge < -0.3 is 15.8 Å². The molecule has 118 valence electrons. The molecule has 4 N–H and O–H groups in total. The van der Waals surface area contributed by atoms with E-state index in [2.05, 4.69) is 32.9 Å². The maximum absolute atomic E-state index is 10.2. The number of hydrogen-bond acceptors (Lipinski definition) is 5. The number of β-amino-alcohol motifs (C(OH)–C–C–N with tert-alkyl or cyclic N) is 1. The highest BCUT2D eigenvalue weighted by atomic mass is 16.3. The lowest BCUT2D eigenvalue weighted by Gasteiger charge is -2.13. The molecule has 3 rings (SSSR count). The number of fused-ring (bicyclic) bond motifs is 1. The van der Waals surface area contributed by atoms with Gasteiger partial charge in [-0.2, -0.15) is 0 Å². The summed E-state index contributed by atoms with van der Waals surface area (Å²) in [6.45, 7) is 4.42. The Labute approximate surface area is 130 Å². The number of aromatic nitrogens is 3. The highest BCUT2D eigenvalue weighted by Crippen LogP contribution is 2.24. The van der Waals surface area contributed by atoms with Gasteiger partial charge in [-0.1, -0.05) is 25.8 Å². The van der Waals surface area contributed by atoms with Gasteiger partial charge in [-0.25, -0.2) is 9.97 Å². The van der Waals surface area contributed by atoms with Crippen LogP contribution in [0.3, 0.4) is 0 Å². The van der Waals surface area contributed by atoms with Crippen molar-refractivity contribution in [1.82, 2.24) is 19.9 Å². The number of nitrogens with two attached hydrogens (primary N) is 1. The third kappa shape index (κ3) is 2.98. The molecular weight excluding hydrogens is 278 g/mol. The average molecular weight is 301 g/mol. The number of rotatable bonds is 5. The van der Waals surface area contributed by atoms with Gasteiger partial charge in [-0.3, -0.25) is 4.90 Å². The highest BCUT2D eigenvalue weighted by Gasteiger charge is 2.26. The number of hydrogen-bond donors (Lipinski definition) is 3. The number of nitrogens with one attached hydrogen (secondary N) is 1. The van der Waals surface area contributed by atoms with E-state index in [1.807, 2.05) is 6.20 Å². The van der Waals surface area contributed by atoms with Crippen LogP contribution >= 0.6 is 0 Å². The zero-order valence-corrected chi connectivity index (χ0v) is 12.9. The second-order valence-electron chi connectivity index (χ2n) is 5.90. The molecule has 0 radical (unpaired) electrons. The average Bonchev–Trinajstić information content (AvgIpc) is 3.05. The molecule has 0 bridgehead atoms. The van der Waals surface area contributed by atoms with E-state index < -0.39 is 0 Å². The van der Waals surface area contributed by atoms with Crippen molar-refractivity contribution in [2.75, 3.05) is 18.8 Å². The summed E-state index contributed by atoms with van der Waals surface area (Å²) in [6, 6.07) is 0. The summed E-state index contributed by atoms with van der Waals surface area (Å²) in [6.07, 6.45) is 8.68. The molecule has 6 nitrogen and oxygen atoms in total. The fraction of sp³-hybridized carbons (Fsp3) is 0.500. The van der Waals surface area contributed by atoms with Crippen LogP contribution in [0.2, 0.25) is 0 Å². The fourth-order valence-electron chi connectivity index (χ4n) is 2.98. The summed E-state index contributed by atoms with van der Waals surface area (Å²) in [5, 5.41) is 10.2. The molecule has 3 heterocycles. The van der Waals surface area contributed by atoms with Gasteiger partial charge in [0.1, 0.15) is 11.8 Å². The number of aliphatic hydroxyl groups is 1. The number of nitrogen functional groups attached to an aromatic ring is 1. The van der Waals surface area contributed by atoms with E-state index in [4.69, 9.17) is 5.73 Å². The summed E-state index contributed by atoms with van der Waals surface area (Å²) in [4.78, 5) is 13.7. The monoisotopic (exact) mass is 301 g/mol. The molecule has 0 aromatic carbocycles. The molecular formula is C16H23N5O. The summed E-state index contributed by atoms with van der Waals surface area (Å²) < 4.78 is 0. The predicted octanol–water partition coefficient (Wildman–Crippen LogP) is 1.83. The Kier molecular flexibility index (Phi) is 4.40. The van der Waals surface area contributed by atoms with E-state index in [-0.39, 0.29) is 6.10 Å². The fourth-order valence-corrected chi connectivity index (χ4v) is 2.98. The number of anilines is 1. The molecule has 1 aliphatic heterocycles. The normalized spacial score (nSPS) is 21.2. The van der Waals surface area contributed by atoms with Crippen LogP contribution in [0.15, 0.2) is 24.2 Å². The first-order valence-corrected chi connectivity index (χ1v) is 7.84. The first-order chi connectivity index (χ1) is 10.7. The Morgan fingerprint density at radius 2 is 2.36 bits per heavy atom. The maximum Gasteiger partial charge on any atom is 0.151 e. The van der Waals surface area contributed by atoms with Crippen LogP contribution in [-0.4, -0.2) is 44.2 Å². The quantitative estimate of drug-likeness (QED) is 0.579. The topological polar surface area (TPSA) is 91.1 Å². The molecule has 1 unspecified atom stereocenters. The Bertz CT molecular complexity index is 678. The highest BCUT2D eigenvalue weighted by molar-refractivity contribution is 5.86. The van der Waals surface area contributed by atoms with E-state index >= 15 is 0 Å². The van der Waals surface area contributed by atoms with Crippen molar-refractivity contribution in [2.45, 2.75) is 38.8 Å². The van der Waals surface area contributed by atoms with Crippen LogP contribution in [0.1, 0.15) is 31.7 Å². The Balaban J connectivity index is 1.71. The predicted molar refractivity (Wildman–Crippen MR) is 87.2 cm³/mol. The van der Waals surface area contributed by atoms with Crippen LogP contribution in [0, 0.1) is 0 Å². The number of nitrogens with zero attached hydrogens (tertiary/aromatic N) is 3. The lowest BCUT2D eigenvalue weighted by molar-refractivity contribution is 0.192. The van der Waals surface area contributed by atoms with Crippen molar-refractivity contribution >= 4 is 16.9 Å². The Morgan fingerprint density at radius 1 is 1.50 bits per heavy atom. The van der Waals surface area contributed by atoms with Crippen molar-refractivity contribution in [2.24, 2.45) is 0 Å². The van der Waals surface area contributed by atoms with Gasteiger partial charge in [-0.05, 0) is 12.0 Å². The molecule has 0 aliphatic carbocycles. The Hall–Kier alpha value is -1.92. The first-order valence-electron chi connectivity index (χ1n) is 7.84. The number of aliphatic hydroxyl groups excluding tert-OH is 1. The molecule has 2 aromatic rings. The molecule has 22 heavy (non-hydrogen) atoms. The van der Waals surface area contributed by atoms with Gasteiger partial charge in [0.2, 0.25) is 0 Å². The number of allylic oxidation sites excluding steroid dienone is 1. The zero-order valence-electron chi connectivity index (χ0n) is 12.9. The molecule has 2 aromatic heterocycles. The van der Waals surface area contributed by atoms with Crippen molar-refractivity contribution in [3.8, 4) is 0 Å². The van der Waals surface area contributed by atoms with Crippen LogP contribution in [0.4, 0.5) is 5.82 Å². The van der Waals surface area contributed by atoms with E-state index in [0.717, 1.165) is 41.7 Å². The largest absolute Gasteiger partial charge is 0.387 e. The van der Waals surface area contributed by atoms with Gasteiger partial charge >= 0.3 is 0 Å². The van der Waals surface area contributed by atoms with Gasteiger partial charge in [-0.15, -0.1) is 0 Å². The number of aromatic amines is 1. The molecule has 0 amide bonds. The molecule has 0 saturated carbocycles. The van der Waals surface area contributed by atoms with E-state index in [1.165, 1.54) is 19.2 Å². The lowest BCUT2D eigenvalue weighted by atomic mass is 10.1. The lowest BCUT2D eigenvalue weighted by Crippen LogP contribution is -2.21. The maximum atomic E-state index is 10.2. The van der Waals surface area contributed by atoms with Gasteiger partial charge in [0.15, 0.2) is 5.82 Å². The van der Waals surface area contributed by atoms with Crippen LogP contribution in [-0.2, 0) is 6.54 Å². The van der Waals surface area contributed by atoms with Gasteiger partial charge in [0.05, 0.1) is 11.6 Å². The number of likely N-dealkylation sites (tertiary alicyclic amines) is 1. The second-order valence-corrected chi connectivity index (χ2v) is 5.90. The van der Waals surface area contributed by atoms with Gasteiger partial charge in [0.25, 0.3) is 0 Å². The third-order valence-electron chi connectivity index (χ3n) is 4.19. The zero-order chi connectivity index (χ0) is 15.5. The van der Waals surface area contributed by atoms with E-state index in [9.17, 15) is 5.11 Å². The SMILES string of the molecule is CCCCC=C1CN(Cc2c[nH]c3c(N)ncnc23)CC1O. The summed E-state index contributed by atoms with van der Waals surface area (Å²) in [5.41, 5.74) is 9.73. The third-order valence-corrected chi connectivity index (χ3v) is 4.19. The summed E-state index contributed by atoms with van der Waals surface area (Å²) in [7, 11) is 0. The standard InChI is InChI=1S/C16H23N5O/c1-2-3-4-5-11-7-21(9-13(11)22)8-12-6-18-15-14(12)19-10-20-16(15)17/h5-6,10,13,18,22H,2-4,7-9H2,1H3,(H2,17,19,20). The number of H-pyrrole nitrogens is 1. The van der Waals surface area contributed by atoms with Crippen molar-refractivity contribution in [3.63, 3.8) is 0 Å². The second kappa shape index (κ2) is 6.46. The molecule has 1 fully saturated rings. The minimum absolute atomic E-state index is 0.346. The Morgan fingerprint density at radius 3 is 3.18 bits per heavy atom. The molecule has 0 spiro atoms. The number of unbranched alkanes of at least 4 members (excludes halogenated alkanes) is 2. The molecule has 1 atom stereocenters. The van der Waals surface area contributed by atoms with Crippen LogP contribution in [0.25, 0.3) is 11.0 Å². The van der Waals surface area contributed by atoms with Crippen LogP contribution < -0.4 is 5.73 Å². The molecule has 1 saturated heterocycles. The van der Waals surface area contributed by atoms with Crippen molar-refractivity contribution in [1.29, 1.82) is 0 Å². The van der Waals surface area contributed by atoms with Crippen molar-refractivity contribution < 1.29 is 5.11 Å². The van der Waals surface area contributed by atoms with Gasteiger partial charge in [0, 0.05) is 31.4 Å². The smallest absolute Gasteiger partial charge is 0.151 e. The van der Waals surface area contributed by atoms with E-state index in [0.29, 0.717) is 12.4 Å². The molecule has 6 heteroatoms. The minimum Gasteiger partial charge on any atom is -0.387 e. The van der Waals surface area contributed by atoms with E-state index in [1.54, 1.807) is 0 Å². The van der Waals surface area contributed by atoms with Crippen molar-refractivity contribution in [3.05, 3.63) is 29.7 Å². The summed E-state index contributed by atoms with van der Waals surface area (Å²) >= 11 is 0.